The quantitative estimate of drug-likeness (QED) is 0.847. The lowest BCUT2D eigenvalue weighted by molar-refractivity contribution is 0.282. The molecule has 1 unspecified atom stereocenters. The van der Waals surface area contributed by atoms with Gasteiger partial charge in [-0.05, 0) is 46.8 Å². The largest absolute Gasteiger partial charge is 0.396 e. The second-order valence-corrected chi connectivity index (χ2v) is 5.38. The minimum absolute atomic E-state index is 0.173. The van der Waals surface area contributed by atoms with Crippen LogP contribution in [0.3, 0.4) is 0 Å². The van der Waals surface area contributed by atoms with Gasteiger partial charge >= 0.3 is 0 Å². The summed E-state index contributed by atoms with van der Waals surface area (Å²) in [4.78, 5) is 0. The van der Waals surface area contributed by atoms with Crippen LogP contribution in [0.1, 0.15) is 12.0 Å². The Morgan fingerprint density at radius 3 is 2.88 bits per heavy atom. The molecule has 0 fully saturated rings. The third kappa shape index (κ3) is 4.58. The number of halogens is 1. The molecule has 3 nitrogen and oxygen atoms in total. The summed E-state index contributed by atoms with van der Waals surface area (Å²) < 4.78 is 0.876. The third-order valence-electron chi connectivity index (χ3n) is 2.30. The lowest BCUT2D eigenvalue weighted by Crippen LogP contribution is -2.23. The van der Waals surface area contributed by atoms with E-state index in [1.165, 1.54) is 0 Å². The van der Waals surface area contributed by atoms with Gasteiger partial charge < -0.3 is 10.4 Å². The maximum atomic E-state index is 8.99. The number of nitrogens with one attached hydrogen (secondary N) is 1. The van der Waals surface area contributed by atoms with Crippen molar-refractivity contribution < 1.29 is 5.11 Å². The van der Waals surface area contributed by atoms with Crippen molar-refractivity contribution in [2.45, 2.75) is 12.5 Å². The van der Waals surface area contributed by atoms with Crippen molar-refractivity contribution in [3.8, 4) is 6.07 Å². The van der Waals surface area contributed by atoms with Gasteiger partial charge in [-0.3, -0.25) is 0 Å². The summed E-state index contributed by atoms with van der Waals surface area (Å²) in [6.45, 7) is 0.173. The van der Waals surface area contributed by atoms with E-state index in [9.17, 15) is 0 Å². The van der Waals surface area contributed by atoms with E-state index in [1.807, 2.05) is 12.3 Å². The van der Waals surface area contributed by atoms with Crippen molar-refractivity contribution in [2.24, 2.45) is 0 Å². The fourth-order valence-electron chi connectivity index (χ4n) is 1.48. The lowest BCUT2D eigenvalue weighted by Gasteiger charge is -2.19. The molecule has 1 rings (SSSR count). The Labute approximate surface area is 114 Å². The molecule has 0 amide bonds. The number of thioether (sulfide) groups is 1. The minimum Gasteiger partial charge on any atom is -0.396 e. The standard InChI is InChI=1S/C12H15BrN2OS/c1-17-8-10(4-5-16)15-12-3-2-9(7-14)6-11(12)13/h2-3,6,10,15-16H,4-5,8H2,1H3. The summed E-state index contributed by atoms with van der Waals surface area (Å²) >= 11 is 5.18. The van der Waals surface area contributed by atoms with Crippen LogP contribution in [0.5, 0.6) is 0 Å². The van der Waals surface area contributed by atoms with Crippen LogP contribution in [0.15, 0.2) is 22.7 Å². The molecule has 0 aliphatic carbocycles. The topological polar surface area (TPSA) is 56.0 Å². The van der Waals surface area contributed by atoms with Crippen molar-refractivity contribution >= 4 is 33.4 Å². The maximum absolute atomic E-state index is 8.99. The number of hydrogen-bond acceptors (Lipinski definition) is 4. The van der Waals surface area contributed by atoms with Crippen LogP contribution in [0.4, 0.5) is 5.69 Å². The van der Waals surface area contributed by atoms with Crippen LogP contribution in [0.2, 0.25) is 0 Å². The molecule has 0 aromatic heterocycles. The zero-order valence-corrected chi connectivity index (χ0v) is 12.0. The molecule has 5 heteroatoms. The van der Waals surface area contributed by atoms with Gasteiger partial charge in [-0.15, -0.1) is 0 Å². The number of rotatable bonds is 6. The van der Waals surface area contributed by atoms with Crippen molar-refractivity contribution in [3.63, 3.8) is 0 Å². The molecule has 0 bridgehead atoms. The molecule has 0 radical (unpaired) electrons. The van der Waals surface area contributed by atoms with E-state index in [2.05, 4.69) is 27.3 Å². The average Bonchev–Trinajstić information content (AvgIpc) is 2.32. The zero-order chi connectivity index (χ0) is 12.7. The zero-order valence-electron chi connectivity index (χ0n) is 9.61. The van der Waals surface area contributed by atoms with E-state index in [4.69, 9.17) is 10.4 Å². The van der Waals surface area contributed by atoms with E-state index in [1.54, 1.807) is 23.9 Å². The highest BCUT2D eigenvalue weighted by atomic mass is 79.9. The van der Waals surface area contributed by atoms with Crippen molar-refractivity contribution in [3.05, 3.63) is 28.2 Å². The molecule has 0 heterocycles. The predicted molar refractivity (Wildman–Crippen MR) is 76.4 cm³/mol. The Bertz CT molecular complexity index is 400. The molecule has 0 aliphatic rings. The summed E-state index contributed by atoms with van der Waals surface area (Å²) in [7, 11) is 0. The summed E-state index contributed by atoms with van der Waals surface area (Å²) in [6, 6.07) is 7.78. The normalized spacial score (nSPS) is 11.9. The smallest absolute Gasteiger partial charge is 0.0992 e. The second kappa shape index (κ2) is 7.59. The molecule has 1 aromatic carbocycles. The fraction of sp³-hybridized carbons (Fsp3) is 0.417. The first-order valence-electron chi connectivity index (χ1n) is 5.27. The van der Waals surface area contributed by atoms with Gasteiger partial charge in [0.2, 0.25) is 0 Å². The molecule has 0 saturated carbocycles. The highest BCUT2D eigenvalue weighted by Crippen LogP contribution is 2.25. The molecule has 17 heavy (non-hydrogen) atoms. The number of nitriles is 1. The molecule has 1 atom stereocenters. The van der Waals surface area contributed by atoms with E-state index in [0.29, 0.717) is 12.0 Å². The van der Waals surface area contributed by atoms with Gasteiger partial charge in [-0.2, -0.15) is 17.0 Å². The average molecular weight is 315 g/mol. The number of aliphatic hydroxyl groups excluding tert-OH is 1. The van der Waals surface area contributed by atoms with E-state index >= 15 is 0 Å². The molecule has 92 valence electrons. The Morgan fingerprint density at radius 2 is 2.35 bits per heavy atom. The molecular weight excluding hydrogens is 300 g/mol. The van der Waals surface area contributed by atoms with Gasteiger partial charge in [0.15, 0.2) is 0 Å². The van der Waals surface area contributed by atoms with Gasteiger partial charge in [-0.1, -0.05) is 0 Å². The number of nitrogens with zero attached hydrogens (tertiary/aromatic N) is 1. The van der Waals surface area contributed by atoms with Crippen LogP contribution < -0.4 is 5.32 Å². The first-order valence-corrected chi connectivity index (χ1v) is 7.46. The highest BCUT2D eigenvalue weighted by Gasteiger charge is 2.09. The first kappa shape index (κ1) is 14.4. The number of anilines is 1. The van der Waals surface area contributed by atoms with Gasteiger partial charge in [0.1, 0.15) is 0 Å². The summed E-state index contributed by atoms with van der Waals surface area (Å²) in [6.07, 6.45) is 2.76. The van der Waals surface area contributed by atoms with Gasteiger partial charge in [0.05, 0.1) is 11.6 Å². The van der Waals surface area contributed by atoms with Crippen LogP contribution >= 0.6 is 27.7 Å². The fourth-order valence-corrected chi connectivity index (χ4v) is 2.62. The van der Waals surface area contributed by atoms with Gasteiger partial charge in [-0.25, -0.2) is 0 Å². The summed E-state index contributed by atoms with van der Waals surface area (Å²) in [5.74, 6) is 0.938. The Morgan fingerprint density at radius 1 is 1.59 bits per heavy atom. The van der Waals surface area contributed by atoms with Crippen LogP contribution in [0.25, 0.3) is 0 Å². The van der Waals surface area contributed by atoms with Crippen molar-refractivity contribution in [2.75, 3.05) is 23.9 Å². The van der Waals surface area contributed by atoms with Crippen LogP contribution in [-0.4, -0.2) is 29.8 Å². The minimum atomic E-state index is 0.173. The Balaban J connectivity index is 2.75. The molecule has 0 saturated heterocycles. The molecule has 1 aromatic rings. The van der Waals surface area contributed by atoms with Crippen LogP contribution in [0, 0.1) is 11.3 Å². The highest BCUT2D eigenvalue weighted by molar-refractivity contribution is 9.10. The monoisotopic (exact) mass is 314 g/mol. The summed E-state index contributed by atoms with van der Waals surface area (Å²) in [5, 5.41) is 21.1. The maximum Gasteiger partial charge on any atom is 0.0992 e. The SMILES string of the molecule is CSCC(CCO)Nc1ccc(C#N)cc1Br. The molecule has 2 N–H and O–H groups in total. The Hall–Kier alpha value is -0.700. The van der Waals surface area contributed by atoms with Crippen LogP contribution in [-0.2, 0) is 0 Å². The summed E-state index contributed by atoms with van der Waals surface area (Å²) in [5.41, 5.74) is 1.59. The number of aliphatic hydroxyl groups is 1. The van der Waals surface area contributed by atoms with Crippen molar-refractivity contribution in [1.82, 2.24) is 0 Å². The van der Waals surface area contributed by atoms with Crippen molar-refractivity contribution in [1.29, 1.82) is 5.26 Å². The number of hydrogen-bond donors (Lipinski definition) is 2. The number of benzene rings is 1. The Kier molecular flexibility index (Phi) is 6.41. The van der Waals surface area contributed by atoms with E-state index in [0.717, 1.165) is 15.9 Å². The lowest BCUT2D eigenvalue weighted by atomic mass is 10.2. The predicted octanol–water partition coefficient (Wildman–Crippen LogP) is 2.85. The van der Waals surface area contributed by atoms with Gasteiger partial charge in [0, 0.05) is 28.6 Å². The molecule has 0 spiro atoms. The van der Waals surface area contributed by atoms with E-state index in [-0.39, 0.29) is 12.6 Å². The van der Waals surface area contributed by atoms with E-state index < -0.39 is 0 Å². The third-order valence-corrected chi connectivity index (χ3v) is 3.70. The molecular formula is C12H15BrN2OS. The first-order chi connectivity index (χ1) is 8.21. The van der Waals surface area contributed by atoms with Gasteiger partial charge in [0.25, 0.3) is 0 Å². The molecule has 0 aliphatic heterocycles. The second-order valence-electron chi connectivity index (χ2n) is 3.62.